The number of carbonyl (C=O) groups excluding carboxylic acids is 1. The first-order valence-corrected chi connectivity index (χ1v) is 7.10. The zero-order valence-electron chi connectivity index (χ0n) is 9.55. The molecular weight excluding hydrogens is 314 g/mol. The Morgan fingerprint density at radius 3 is 2.50 bits per heavy atom. The Morgan fingerprint density at radius 2 is 1.94 bits per heavy atom. The number of nitrogens with zero attached hydrogens (tertiary/aromatic N) is 2. The van der Waals surface area contributed by atoms with Gasteiger partial charge in [-0.15, -0.1) is 11.8 Å². The van der Waals surface area contributed by atoms with Crippen LogP contribution in [-0.4, -0.2) is 22.5 Å². The van der Waals surface area contributed by atoms with Gasteiger partial charge in [0, 0.05) is 10.0 Å². The largest absolute Gasteiger partial charge is 0.368 e. The molecule has 0 unspecified atom stereocenters. The highest BCUT2D eigenvalue weighted by atomic mass is 79.9. The van der Waals surface area contributed by atoms with Crippen molar-refractivity contribution in [3.63, 3.8) is 0 Å². The Kier molecular flexibility index (Phi) is 3.98. The van der Waals surface area contributed by atoms with Gasteiger partial charge in [0.15, 0.2) is 6.29 Å². The van der Waals surface area contributed by atoms with E-state index in [0.29, 0.717) is 16.3 Å². The van der Waals surface area contributed by atoms with Crippen molar-refractivity contribution in [1.29, 1.82) is 0 Å². The van der Waals surface area contributed by atoms with Gasteiger partial charge >= 0.3 is 0 Å². The fourth-order valence-corrected chi connectivity index (χ4v) is 2.37. The van der Waals surface area contributed by atoms with Crippen molar-refractivity contribution in [2.45, 2.75) is 5.03 Å². The van der Waals surface area contributed by atoms with Crippen LogP contribution in [0, 0.1) is 0 Å². The van der Waals surface area contributed by atoms with Crippen LogP contribution in [0.4, 0.5) is 5.95 Å². The van der Waals surface area contributed by atoms with Crippen LogP contribution in [0.25, 0.3) is 11.3 Å². The van der Waals surface area contributed by atoms with Crippen LogP contribution in [0.3, 0.4) is 0 Å². The number of aromatic nitrogens is 2. The lowest BCUT2D eigenvalue weighted by Crippen LogP contribution is -2.03. The van der Waals surface area contributed by atoms with Gasteiger partial charge in [-0.05, 0) is 18.4 Å². The minimum Gasteiger partial charge on any atom is -0.368 e. The van der Waals surface area contributed by atoms with Crippen molar-refractivity contribution in [3.8, 4) is 11.3 Å². The Morgan fingerprint density at radius 1 is 1.28 bits per heavy atom. The molecule has 0 atom stereocenters. The number of carbonyl (C=O) groups is 1. The topological polar surface area (TPSA) is 68.9 Å². The van der Waals surface area contributed by atoms with Crippen molar-refractivity contribution in [2.75, 3.05) is 12.0 Å². The summed E-state index contributed by atoms with van der Waals surface area (Å²) in [5.74, 6) is 0.169. The van der Waals surface area contributed by atoms with E-state index in [-0.39, 0.29) is 5.95 Å². The predicted octanol–water partition coefficient (Wildman–Crippen LogP) is 3.02. The maximum atomic E-state index is 11.2. The number of hydrogen-bond acceptors (Lipinski definition) is 5. The van der Waals surface area contributed by atoms with Crippen LogP contribution in [0.15, 0.2) is 33.8 Å². The third-order valence-corrected chi connectivity index (χ3v) is 3.58. The molecule has 1 aromatic heterocycles. The molecule has 92 valence electrons. The number of rotatable bonds is 3. The van der Waals surface area contributed by atoms with Crippen molar-refractivity contribution in [2.24, 2.45) is 0 Å². The average molecular weight is 324 g/mol. The zero-order valence-corrected chi connectivity index (χ0v) is 12.0. The van der Waals surface area contributed by atoms with Crippen molar-refractivity contribution in [3.05, 3.63) is 34.3 Å². The molecule has 1 aromatic carbocycles. The summed E-state index contributed by atoms with van der Waals surface area (Å²) in [6.07, 6.45) is 2.61. The third-order valence-electron chi connectivity index (χ3n) is 2.36. The maximum Gasteiger partial charge on any atom is 0.221 e. The summed E-state index contributed by atoms with van der Waals surface area (Å²) in [6.45, 7) is 0. The SMILES string of the molecule is CSc1nc(N)nc(-c2ccc(Br)cc2)c1C=O. The molecule has 4 nitrogen and oxygen atoms in total. The highest BCUT2D eigenvalue weighted by molar-refractivity contribution is 9.10. The summed E-state index contributed by atoms with van der Waals surface area (Å²) in [6, 6.07) is 7.54. The fourth-order valence-electron chi connectivity index (χ4n) is 1.55. The summed E-state index contributed by atoms with van der Waals surface area (Å²) in [5.41, 5.74) is 7.54. The lowest BCUT2D eigenvalue weighted by molar-refractivity contribution is 0.112. The van der Waals surface area contributed by atoms with Crippen LogP contribution in [-0.2, 0) is 0 Å². The molecule has 0 aliphatic heterocycles. The van der Waals surface area contributed by atoms with Crippen molar-refractivity contribution < 1.29 is 4.79 Å². The first-order chi connectivity index (χ1) is 8.65. The summed E-state index contributed by atoms with van der Waals surface area (Å²) in [5, 5.41) is 0.593. The van der Waals surface area contributed by atoms with Crippen molar-refractivity contribution in [1.82, 2.24) is 9.97 Å². The highest BCUT2D eigenvalue weighted by Crippen LogP contribution is 2.28. The lowest BCUT2D eigenvalue weighted by atomic mass is 10.1. The summed E-state index contributed by atoms with van der Waals surface area (Å²) >= 11 is 4.74. The normalized spacial score (nSPS) is 10.3. The van der Waals surface area contributed by atoms with Crippen LogP contribution in [0.1, 0.15) is 10.4 Å². The predicted molar refractivity (Wildman–Crippen MR) is 76.7 cm³/mol. The molecule has 0 bridgehead atoms. The second-order valence-electron chi connectivity index (χ2n) is 3.48. The fraction of sp³-hybridized carbons (Fsp3) is 0.0833. The van der Waals surface area contributed by atoms with Gasteiger partial charge in [-0.1, -0.05) is 28.1 Å². The highest BCUT2D eigenvalue weighted by Gasteiger charge is 2.13. The Bertz CT molecular complexity index is 587. The van der Waals surface area contributed by atoms with E-state index in [1.54, 1.807) is 0 Å². The van der Waals surface area contributed by atoms with Gasteiger partial charge in [0.25, 0.3) is 0 Å². The number of hydrogen-bond donors (Lipinski definition) is 1. The number of benzene rings is 1. The number of thioether (sulfide) groups is 1. The summed E-state index contributed by atoms with van der Waals surface area (Å²) in [7, 11) is 0. The number of anilines is 1. The Balaban J connectivity index is 2.65. The molecule has 0 saturated heterocycles. The van der Waals surface area contributed by atoms with E-state index in [2.05, 4.69) is 25.9 Å². The van der Waals surface area contributed by atoms with Gasteiger partial charge in [-0.3, -0.25) is 4.79 Å². The van der Waals surface area contributed by atoms with E-state index < -0.39 is 0 Å². The molecule has 0 saturated carbocycles. The first-order valence-electron chi connectivity index (χ1n) is 5.08. The van der Waals surface area contributed by atoms with E-state index in [0.717, 1.165) is 16.3 Å². The van der Waals surface area contributed by atoms with E-state index in [9.17, 15) is 4.79 Å². The molecule has 2 rings (SSSR count). The molecule has 0 radical (unpaired) electrons. The molecular formula is C12H10BrN3OS. The molecule has 0 aliphatic carbocycles. The van der Waals surface area contributed by atoms with Crippen LogP contribution < -0.4 is 5.73 Å². The van der Waals surface area contributed by atoms with Crippen LogP contribution in [0.2, 0.25) is 0 Å². The van der Waals surface area contributed by atoms with Gasteiger partial charge in [0.1, 0.15) is 5.03 Å². The number of nitrogen functional groups attached to an aromatic ring is 1. The number of halogens is 1. The molecule has 2 aromatic rings. The standard InChI is InChI=1S/C12H10BrN3OS/c1-18-11-9(6-17)10(15-12(14)16-11)7-2-4-8(13)5-3-7/h2-6H,1H3,(H2,14,15,16). The zero-order chi connectivity index (χ0) is 13.1. The van der Waals surface area contributed by atoms with E-state index in [1.807, 2.05) is 30.5 Å². The molecule has 2 N–H and O–H groups in total. The first kappa shape index (κ1) is 13.0. The monoisotopic (exact) mass is 323 g/mol. The van der Waals surface area contributed by atoms with E-state index in [4.69, 9.17) is 5.73 Å². The maximum absolute atomic E-state index is 11.2. The second kappa shape index (κ2) is 5.49. The molecule has 0 spiro atoms. The molecule has 6 heteroatoms. The van der Waals surface area contributed by atoms with Gasteiger partial charge in [-0.2, -0.15) is 0 Å². The second-order valence-corrected chi connectivity index (χ2v) is 5.19. The van der Waals surface area contributed by atoms with Gasteiger partial charge in [0.05, 0.1) is 11.3 Å². The molecule has 0 amide bonds. The number of aldehydes is 1. The Labute approximate surface area is 117 Å². The van der Waals surface area contributed by atoms with Crippen LogP contribution in [0.5, 0.6) is 0 Å². The minimum atomic E-state index is 0.169. The lowest BCUT2D eigenvalue weighted by Gasteiger charge is -2.08. The van der Waals surface area contributed by atoms with Crippen LogP contribution >= 0.6 is 27.7 Å². The summed E-state index contributed by atoms with van der Waals surface area (Å²) in [4.78, 5) is 19.4. The smallest absolute Gasteiger partial charge is 0.221 e. The quantitative estimate of drug-likeness (QED) is 0.534. The van der Waals surface area contributed by atoms with E-state index >= 15 is 0 Å². The van der Waals surface area contributed by atoms with Gasteiger partial charge < -0.3 is 5.73 Å². The molecule has 0 fully saturated rings. The van der Waals surface area contributed by atoms with E-state index in [1.165, 1.54) is 11.8 Å². The van der Waals surface area contributed by atoms with Gasteiger partial charge in [0.2, 0.25) is 5.95 Å². The molecule has 18 heavy (non-hydrogen) atoms. The molecule has 1 heterocycles. The minimum absolute atomic E-state index is 0.169. The number of nitrogens with two attached hydrogens (primary N) is 1. The van der Waals surface area contributed by atoms with Gasteiger partial charge in [-0.25, -0.2) is 9.97 Å². The summed E-state index contributed by atoms with van der Waals surface area (Å²) < 4.78 is 0.964. The Hall–Kier alpha value is -1.40. The third kappa shape index (κ3) is 2.54. The molecule has 0 aliphatic rings. The average Bonchev–Trinajstić information content (AvgIpc) is 2.38. The van der Waals surface area contributed by atoms with Crippen molar-refractivity contribution >= 4 is 39.9 Å².